The maximum atomic E-state index is 13.3. The van der Waals surface area contributed by atoms with Crippen molar-refractivity contribution in [3.63, 3.8) is 0 Å². The lowest BCUT2D eigenvalue weighted by Gasteiger charge is -2.38. The van der Waals surface area contributed by atoms with Crippen LogP contribution >= 0.6 is 0 Å². The zero-order valence-electron chi connectivity index (χ0n) is 17.0. The van der Waals surface area contributed by atoms with Gasteiger partial charge in [-0.25, -0.2) is 4.98 Å². The number of nitrogens with one attached hydrogen (secondary N) is 2. The van der Waals surface area contributed by atoms with Crippen LogP contribution in [0.25, 0.3) is 11.0 Å². The van der Waals surface area contributed by atoms with Crippen molar-refractivity contribution in [2.75, 3.05) is 6.61 Å². The summed E-state index contributed by atoms with van der Waals surface area (Å²) in [7, 11) is 0. The van der Waals surface area contributed by atoms with Gasteiger partial charge in [0.25, 0.3) is 5.91 Å². The highest BCUT2D eigenvalue weighted by Crippen LogP contribution is 2.41. The van der Waals surface area contributed by atoms with E-state index in [1.165, 1.54) is 24.3 Å². The van der Waals surface area contributed by atoms with Crippen LogP contribution in [0, 0.1) is 0 Å². The van der Waals surface area contributed by atoms with E-state index in [0.29, 0.717) is 34.8 Å². The molecule has 2 N–H and O–H groups in total. The number of aromatic amines is 1. The van der Waals surface area contributed by atoms with Gasteiger partial charge in [0.1, 0.15) is 34.1 Å². The third-order valence-corrected chi connectivity index (χ3v) is 5.45. The molecular formula is C23H17F3N4O3. The number of H-pyrrole nitrogens is 1. The Kier molecular flexibility index (Phi) is 4.92. The lowest BCUT2D eigenvalue weighted by Crippen LogP contribution is -2.50. The first-order chi connectivity index (χ1) is 15.8. The van der Waals surface area contributed by atoms with E-state index in [4.69, 9.17) is 4.74 Å². The van der Waals surface area contributed by atoms with Crippen LogP contribution < -0.4 is 14.8 Å². The Morgan fingerprint density at radius 3 is 2.61 bits per heavy atom. The summed E-state index contributed by atoms with van der Waals surface area (Å²) in [4.78, 5) is 25.0. The summed E-state index contributed by atoms with van der Waals surface area (Å²) in [5.74, 6) is -0.289. The van der Waals surface area contributed by atoms with E-state index in [0.717, 1.165) is 5.39 Å². The van der Waals surface area contributed by atoms with Crippen LogP contribution in [0.1, 0.15) is 28.2 Å². The molecule has 1 unspecified atom stereocenters. The van der Waals surface area contributed by atoms with Crippen molar-refractivity contribution in [1.29, 1.82) is 0 Å². The van der Waals surface area contributed by atoms with Crippen LogP contribution in [0.2, 0.25) is 0 Å². The van der Waals surface area contributed by atoms with Crippen molar-refractivity contribution in [3.05, 3.63) is 83.9 Å². The standard InChI is InChI=1S/C23H17F3N4O3/c24-23(25,26)33-16-7-5-15(6-8-16)22(9-12-32-18-4-2-10-27-19(18)22)30-21(31)17-13-14-3-1-11-28-20(14)29-17/h1-8,10-11,13H,9,12H2,(H,28,29)(H,30,31). The number of benzene rings is 1. The minimum absolute atomic E-state index is 0.272. The first-order valence-electron chi connectivity index (χ1n) is 10.0. The van der Waals surface area contributed by atoms with E-state index in [1.807, 2.05) is 6.07 Å². The highest BCUT2D eigenvalue weighted by molar-refractivity contribution is 5.98. The van der Waals surface area contributed by atoms with Gasteiger partial charge in [0.2, 0.25) is 0 Å². The molecule has 0 bridgehead atoms. The summed E-state index contributed by atoms with van der Waals surface area (Å²) in [5.41, 5.74) is 0.735. The number of aromatic nitrogens is 3. The molecule has 0 fully saturated rings. The number of pyridine rings is 2. The second kappa shape index (κ2) is 7.80. The lowest BCUT2D eigenvalue weighted by atomic mass is 9.81. The minimum atomic E-state index is -4.80. The number of nitrogens with zero attached hydrogens (tertiary/aromatic N) is 2. The van der Waals surface area contributed by atoms with Crippen LogP contribution in [0.15, 0.2) is 67.0 Å². The minimum Gasteiger partial charge on any atom is -0.491 e. The van der Waals surface area contributed by atoms with Gasteiger partial charge in [0, 0.05) is 24.2 Å². The fraction of sp³-hybridized carbons (Fsp3) is 0.174. The lowest BCUT2D eigenvalue weighted by molar-refractivity contribution is -0.274. The zero-order valence-corrected chi connectivity index (χ0v) is 17.0. The number of hydrogen-bond donors (Lipinski definition) is 2. The van der Waals surface area contributed by atoms with Gasteiger partial charge in [0.15, 0.2) is 0 Å². The van der Waals surface area contributed by atoms with Crippen LogP contribution in [-0.2, 0) is 5.54 Å². The summed E-state index contributed by atoms with van der Waals surface area (Å²) in [6.45, 7) is 0.272. The Morgan fingerprint density at radius 1 is 1.09 bits per heavy atom. The maximum Gasteiger partial charge on any atom is 0.573 e. The Labute approximate surface area is 185 Å². The number of carbonyl (C=O) groups is 1. The van der Waals surface area contributed by atoms with Gasteiger partial charge < -0.3 is 19.8 Å². The molecule has 1 aliphatic rings. The third kappa shape index (κ3) is 3.95. The highest BCUT2D eigenvalue weighted by Gasteiger charge is 2.43. The fourth-order valence-corrected chi connectivity index (χ4v) is 4.02. The van der Waals surface area contributed by atoms with Crippen molar-refractivity contribution < 1.29 is 27.4 Å². The fourth-order valence-electron chi connectivity index (χ4n) is 4.02. The van der Waals surface area contributed by atoms with E-state index in [1.54, 1.807) is 36.7 Å². The second-order valence-corrected chi connectivity index (χ2v) is 7.50. The van der Waals surface area contributed by atoms with Gasteiger partial charge in [-0.05, 0) is 48.0 Å². The molecule has 4 heterocycles. The molecule has 0 radical (unpaired) electrons. The molecule has 1 aromatic carbocycles. The molecule has 33 heavy (non-hydrogen) atoms. The number of alkyl halides is 3. The van der Waals surface area contributed by atoms with E-state index in [9.17, 15) is 18.0 Å². The molecule has 0 saturated heterocycles. The summed E-state index contributed by atoms with van der Waals surface area (Å²) in [6, 6.07) is 14.1. The number of hydrogen-bond acceptors (Lipinski definition) is 5. The van der Waals surface area contributed by atoms with Crippen molar-refractivity contribution >= 4 is 16.9 Å². The topological polar surface area (TPSA) is 89.1 Å². The number of fused-ring (bicyclic) bond motifs is 2. The predicted molar refractivity (Wildman–Crippen MR) is 112 cm³/mol. The number of carbonyl (C=O) groups excluding carboxylic acids is 1. The quantitative estimate of drug-likeness (QED) is 0.480. The number of halogens is 3. The smallest absolute Gasteiger partial charge is 0.491 e. The van der Waals surface area contributed by atoms with Gasteiger partial charge in [-0.2, -0.15) is 0 Å². The molecule has 4 aromatic rings. The van der Waals surface area contributed by atoms with E-state index < -0.39 is 17.8 Å². The summed E-state index contributed by atoms with van der Waals surface area (Å²) >= 11 is 0. The van der Waals surface area contributed by atoms with Crippen molar-refractivity contribution in [2.24, 2.45) is 0 Å². The van der Waals surface area contributed by atoms with E-state index >= 15 is 0 Å². The van der Waals surface area contributed by atoms with Gasteiger partial charge in [0.05, 0.1) is 6.61 Å². The molecule has 10 heteroatoms. The van der Waals surface area contributed by atoms with E-state index in [2.05, 4.69) is 25.0 Å². The second-order valence-electron chi connectivity index (χ2n) is 7.50. The first-order valence-corrected chi connectivity index (χ1v) is 10.0. The average Bonchev–Trinajstić information content (AvgIpc) is 3.23. The molecule has 1 aliphatic heterocycles. The zero-order chi connectivity index (χ0) is 23.1. The molecule has 1 atom stereocenters. The van der Waals surface area contributed by atoms with Crippen LogP contribution in [0.4, 0.5) is 13.2 Å². The first kappa shape index (κ1) is 20.8. The predicted octanol–water partition coefficient (Wildman–Crippen LogP) is 4.31. The Bertz CT molecular complexity index is 1290. The Morgan fingerprint density at radius 2 is 1.85 bits per heavy atom. The number of amides is 1. The van der Waals surface area contributed by atoms with Gasteiger partial charge >= 0.3 is 6.36 Å². The van der Waals surface area contributed by atoms with Crippen LogP contribution in [-0.4, -0.2) is 33.8 Å². The van der Waals surface area contributed by atoms with Crippen molar-refractivity contribution in [1.82, 2.24) is 20.3 Å². The van der Waals surface area contributed by atoms with Crippen molar-refractivity contribution in [3.8, 4) is 11.5 Å². The molecule has 5 rings (SSSR count). The van der Waals surface area contributed by atoms with Crippen LogP contribution in [0.3, 0.4) is 0 Å². The summed E-state index contributed by atoms with van der Waals surface area (Å²) < 4.78 is 47.5. The number of ether oxygens (including phenoxy) is 2. The van der Waals surface area contributed by atoms with Crippen molar-refractivity contribution in [2.45, 2.75) is 18.3 Å². The molecule has 0 aliphatic carbocycles. The molecule has 3 aromatic heterocycles. The summed E-state index contributed by atoms with van der Waals surface area (Å²) in [5, 5.41) is 3.82. The highest BCUT2D eigenvalue weighted by atomic mass is 19.4. The molecule has 168 valence electrons. The molecule has 1 amide bonds. The monoisotopic (exact) mass is 454 g/mol. The maximum absolute atomic E-state index is 13.3. The normalized spacial score (nSPS) is 17.8. The largest absolute Gasteiger partial charge is 0.573 e. The molecule has 0 saturated carbocycles. The SMILES string of the molecule is O=C(NC1(c2ccc(OC(F)(F)F)cc2)CCOc2cccnc21)c1cc2cccnc2[nH]1. The van der Waals surface area contributed by atoms with Gasteiger partial charge in [-0.3, -0.25) is 9.78 Å². The van der Waals surface area contributed by atoms with Gasteiger partial charge in [-0.15, -0.1) is 13.2 Å². The van der Waals surface area contributed by atoms with E-state index in [-0.39, 0.29) is 12.4 Å². The average molecular weight is 454 g/mol. The van der Waals surface area contributed by atoms with Crippen LogP contribution in [0.5, 0.6) is 11.5 Å². The number of rotatable bonds is 4. The Hall–Kier alpha value is -4.08. The molecule has 0 spiro atoms. The Balaban J connectivity index is 1.56. The summed E-state index contributed by atoms with van der Waals surface area (Å²) in [6.07, 6.45) is -1.29. The third-order valence-electron chi connectivity index (χ3n) is 5.45. The van der Waals surface area contributed by atoms with Gasteiger partial charge in [-0.1, -0.05) is 12.1 Å². The molecular weight excluding hydrogens is 437 g/mol. The molecule has 7 nitrogen and oxygen atoms in total.